The Morgan fingerprint density at radius 3 is 3.15 bits per heavy atom. The Balaban J connectivity index is 2.65. The van der Waals surface area contributed by atoms with Crippen LogP contribution in [0.25, 0.3) is 5.65 Å². The van der Waals surface area contributed by atoms with E-state index in [1.54, 1.807) is 28.9 Å². The number of aliphatic hydroxyl groups excluding tert-OH is 1. The lowest BCUT2D eigenvalue weighted by molar-refractivity contribution is 0.277. The molecule has 0 aliphatic heterocycles. The molecule has 0 saturated heterocycles. The zero-order chi connectivity index (χ0) is 9.26. The molecule has 0 aliphatic carbocycles. The third-order valence-corrected chi connectivity index (χ3v) is 1.80. The lowest BCUT2D eigenvalue weighted by atomic mass is 10.3. The van der Waals surface area contributed by atoms with E-state index in [1.807, 2.05) is 6.07 Å². The molecular formula is C9H7N3O. The van der Waals surface area contributed by atoms with Gasteiger partial charge in [-0.25, -0.2) is 4.98 Å². The van der Waals surface area contributed by atoms with Crippen LogP contribution in [0.15, 0.2) is 24.5 Å². The van der Waals surface area contributed by atoms with Gasteiger partial charge < -0.3 is 9.51 Å². The van der Waals surface area contributed by atoms with Gasteiger partial charge >= 0.3 is 0 Å². The predicted molar refractivity (Wildman–Crippen MR) is 45.8 cm³/mol. The number of imidazole rings is 1. The highest BCUT2D eigenvalue weighted by Gasteiger charge is 2.00. The SMILES string of the molecule is N#Cc1ccn2cc(CO)nc2c1. The van der Waals surface area contributed by atoms with Crippen LogP contribution in [0, 0.1) is 11.3 Å². The number of nitrogens with zero attached hydrogens (tertiary/aromatic N) is 3. The molecule has 64 valence electrons. The Bertz CT molecular complexity index is 481. The van der Waals surface area contributed by atoms with Gasteiger partial charge in [0.25, 0.3) is 0 Å². The van der Waals surface area contributed by atoms with Gasteiger partial charge in [0.15, 0.2) is 0 Å². The number of nitriles is 1. The summed E-state index contributed by atoms with van der Waals surface area (Å²) < 4.78 is 1.77. The quantitative estimate of drug-likeness (QED) is 0.690. The standard InChI is InChI=1S/C9H7N3O/c10-4-7-1-2-12-5-8(6-13)11-9(12)3-7/h1-3,5,13H,6H2. The molecule has 1 N–H and O–H groups in total. The molecule has 2 rings (SSSR count). The molecule has 0 saturated carbocycles. The summed E-state index contributed by atoms with van der Waals surface area (Å²) in [6.45, 7) is -0.0798. The van der Waals surface area contributed by atoms with Crippen LogP contribution in [0.2, 0.25) is 0 Å². The highest BCUT2D eigenvalue weighted by molar-refractivity contribution is 5.46. The van der Waals surface area contributed by atoms with Crippen molar-refractivity contribution in [3.8, 4) is 6.07 Å². The maximum atomic E-state index is 8.82. The average Bonchev–Trinajstić information content (AvgIpc) is 2.58. The van der Waals surface area contributed by atoms with Crippen molar-refractivity contribution >= 4 is 5.65 Å². The lowest BCUT2D eigenvalue weighted by Gasteiger charge is -1.90. The molecule has 0 amide bonds. The highest BCUT2D eigenvalue weighted by atomic mass is 16.3. The number of aromatic nitrogens is 2. The van der Waals surface area contributed by atoms with E-state index in [9.17, 15) is 0 Å². The Morgan fingerprint density at radius 2 is 2.46 bits per heavy atom. The molecule has 2 aromatic heterocycles. The molecule has 13 heavy (non-hydrogen) atoms. The third-order valence-electron chi connectivity index (χ3n) is 1.80. The second kappa shape index (κ2) is 2.88. The topological polar surface area (TPSA) is 61.3 Å². The summed E-state index contributed by atoms with van der Waals surface area (Å²) >= 11 is 0. The molecule has 4 heteroatoms. The molecule has 0 spiro atoms. The van der Waals surface area contributed by atoms with Crippen LogP contribution in [0.3, 0.4) is 0 Å². The first-order valence-corrected chi connectivity index (χ1v) is 3.82. The Labute approximate surface area is 74.7 Å². The van der Waals surface area contributed by atoms with E-state index in [0.717, 1.165) is 0 Å². The first-order chi connectivity index (χ1) is 6.33. The summed E-state index contributed by atoms with van der Waals surface area (Å²) in [6.07, 6.45) is 3.48. The van der Waals surface area contributed by atoms with Gasteiger partial charge in [-0.1, -0.05) is 0 Å². The van der Waals surface area contributed by atoms with Crippen molar-refractivity contribution in [3.05, 3.63) is 35.8 Å². The molecule has 0 radical (unpaired) electrons. The first-order valence-electron chi connectivity index (χ1n) is 3.82. The number of fused-ring (bicyclic) bond motifs is 1. The van der Waals surface area contributed by atoms with E-state index >= 15 is 0 Å². The molecule has 0 aromatic carbocycles. The minimum atomic E-state index is -0.0798. The van der Waals surface area contributed by atoms with Gasteiger partial charge in [0, 0.05) is 12.4 Å². The molecule has 0 bridgehead atoms. The summed E-state index contributed by atoms with van der Waals surface area (Å²) in [6, 6.07) is 5.41. The maximum Gasteiger partial charge on any atom is 0.138 e. The van der Waals surface area contributed by atoms with Gasteiger partial charge in [0.2, 0.25) is 0 Å². The number of pyridine rings is 1. The van der Waals surface area contributed by atoms with Gasteiger partial charge in [-0.2, -0.15) is 5.26 Å². The Kier molecular flexibility index (Phi) is 1.72. The third kappa shape index (κ3) is 1.25. The normalized spacial score (nSPS) is 10.2. The molecule has 2 heterocycles. The van der Waals surface area contributed by atoms with E-state index in [-0.39, 0.29) is 6.61 Å². The van der Waals surface area contributed by atoms with Crippen molar-refractivity contribution in [2.45, 2.75) is 6.61 Å². The van der Waals surface area contributed by atoms with Gasteiger partial charge in [-0.05, 0) is 12.1 Å². The average molecular weight is 173 g/mol. The smallest absolute Gasteiger partial charge is 0.138 e. The van der Waals surface area contributed by atoms with Crippen molar-refractivity contribution in [1.82, 2.24) is 9.38 Å². The van der Waals surface area contributed by atoms with Crippen molar-refractivity contribution in [3.63, 3.8) is 0 Å². The van der Waals surface area contributed by atoms with E-state index in [2.05, 4.69) is 4.98 Å². The fraction of sp³-hybridized carbons (Fsp3) is 0.111. The van der Waals surface area contributed by atoms with Crippen LogP contribution < -0.4 is 0 Å². The van der Waals surface area contributed by atoms with E-state index in [1.165, 1.54) is 0 Å². The predicted octanol–water partition coefficient (Wildman–Crippen LogP) is 0.698. The van der Waals surface area contributed by atoms with Crippen LogP contribution in [-0.2, 0) is 6.61 Å². The number of aliphatic hydroxyl groups is 1. The van der Waals surface area contributed by atoms with Gasteiger partial charge in [-0.15, -0.1) is 0 Å². The summed E-state index contributed by atoms with van der Waals surface area (Å²) in [5.74, 6) is 0. The van der Waals surface area contributed by atoms with Crippen LogP contribution in [0.5, 0.6) is 0 Å². The van der Waals surface area contributed by atoms with Crippen molar-refractivity contribution in [1.29, 1.82) is 5.26 Å². The monoisotopic (exact) mass is 173 g/mol. The molecule has 0 aliphatic rings. The van der Waals surface area contributed by atoms with E-state index in [4.69, 9.17) is 10.4 Å². The van der Waals surface area contributed by atoms with Gasteiger partial charge in [0.1, 0.15) is 5.65 Å². The minimum absolute atomic E-state index is 0.0798. The van der Waals surface area contributed by atoms with Crippen LogP contribution >= 0.6 is 0 Å². The summed E-state index contributed by atoms with van der Waals surface area (Å²) in [5.41, 5.74) is 1.86. The summed E-state index contributed by atoms with van der Waals surface area (Å²) in [5, 5.41) is 17.4. The largest absolute Gasteiger partial charge is 0.390 e. The summed E-state index contributed by atoms with van der Waals surface area (Å²) in [4.78, 5) is 4.10. The summed E-state index contributed by atoms with van der Waals surface area (Å²) in [7, 11) is 0. The van der Waals surface area contributed by atoms with E-state index < -0.39 is 0 Å². The highest BCUT2D eigenvalue weighted by Crippen LogP contribution is 2.07. The Hall–Kier alpha value is -1.86. The molecule has 0 atom stereocenters. The number of hydrogen-bond donors (Lipinski definition) is 1. The number of hydrogen-bond acceptors (Lipinski definition) is 3. The zero-order valence-corrected chi connectivity index (χ0v) is 6.81. The molecule has 4 nitrogen and oxygen atoms in total. The molecular weight excluding hydrogens is 166 g/mol. The minimum Gasteiger partial charge on any atom is -0.390 e. The van der Waals surface area contributed by atoms with Crippen molar-refractivity contribution in [2.24, 2.45) is 0 Å². The van der Waals surface area contributed by atoms with Crippen LogP contribution in [0.1, 0.15) is 11.3 Å². The van der Waals surface area contributed by atoms with Gasteiger partial charge in [-0.3, -0.25) is 0 Å². The first kappa shape index (κ1) is 7.77. The fourth-order valence-corrected chi connectivity index (χ4v) is 1.18. The number of rotatable bonds is 1. The zero-order valence-electron chi connectivity index (χ0n) is 6.81. The second-order valence-electron chi connectivity index (χ2n) is 2.68. The second-order valence-corrected chi connectivity index (χ2v) is 2.68. The van der Waals surface area contributed by atoms with Crippen molar-refractivity contribution < 1.29 is 5.11 Å². The van der Waals surface area contributed by atoms with Gasteiger partial charge in [0.05, 0.1) is 23.9 Å². The van der Waals surface area contributed by atoms with Crippen LogP contribution in [0.4, 0.5) is 0 Å². The lowest BCUT2D eigenvalue weighted by Crippen LogP contribution is -1.82. The molecule has 0 fully saturated rings. The van der Waals surface area contributed by atoms with Crippen molar-refractivity contribution in [2.75, 3.05) is 0 Å². The molecule has 2 aromatic rings. The Morgan fingerprint density at radius 1 is 1.62 bits per heavy atom. The van der Waals surface area contributed by atoms with Crippen LogP contribution in [-0.4, -0.2) is 14.5 Å². The van der Waals surface area contributed by atoms with E-state index in [0.29, 0.717) is 16.9 Å². The molecule has 0 unspecified atom stereocenters. The fourth-order valence-electron chi connectivity index (χ4n) is 1.18. The maximum absolute atomic E-state index is 8.82.